The molecule has 0 unspecified atom stereocenters. The zero-order valence-corrected chi connectivity index (χ0v) is 18.5. The molecule has 0 aliphatic heterocycles. The lowest BCUT2D eigenvalue weighted by Crippen LogP contribution is -2.13. The summed E-state index contributed by atoms with van der Waals surface area (Å²) in [6.07, 6.45) is -10.6. The number of thiophene rings is 1. The molecule has 0 saturated carbocycles. The van der Waals surface area contributed by atoms with Gasteiger partial charge in [-0.1, -0.05) is 24.3 Å². The van der Waals surface area contributed by atoms with Crippen LogP contribution in [-0.2, 0) is 12.4 Å². The largest absolute Gasteiger partial charge is 0.417 e. The van der Waals surface area contributed by atoms with Gasteiger partial charge in [-0.3, -0.25) is 0 Å². The van der Waals surface area contributed by atoms with Gasteiger partial charge in [0, 0.05) is 10.3 Å². The van der Waals surface area contributed by atoms with Crippen LogP contribution in [0.3, 0.4) is 0 Å². The van der Waals surface area contributed by atoms with Crippen molar-refractivity contribution >= 4 is 32.2 Å². The number of aromatic nitrogens is 2. The van der Waals surface area contributed by atoms with Crippen LogP contribution in [0.4, 0.5) is 43.9 Å². The summed E-state index contributed by atoms with van der Waals surface area (Å²) in [5.41, 5.74) is -6.32. The maximum atomic E-state index is 15.1. The predicted molar refractivity (Wildman–Crippen MR) is 116 cm³/mol. The first kappa shape index (κ1) is 24.9. The lowest BCUT2D eigenvalue weighted by molar-refractivity contribution is -0.142. The zero-order chi connectivity index (χ0) is 26.9. The van der Waals surface area contributed by atoms with E-state index in [0.29, 0.717) is 16.2 Å². The Morgan fingerprint density at radius 1 is 0.622 bits per heavy atom. The van der Waals surface area contributed by atoms with E-state index >= 15 is 8.78 Å². The highest BCUT2D eigenvalue weighted by atomic mass is 32.1. The molecule has 5 rings (SSSR count). The van der Waals surface area contributed by atoms with E-state index in [0.717, 1.165) is 11.3 Å². The maximum Gasteiger partial charge on any atom is 0.417 e. The molecule has 0 N–H and O–H groups in total. The van der Waals surface area contributed by atoms with Crippen molar-refractivity contribution in [1.29, 1.82) is 0 Å². The smallest absolute Gasteiger partial charge is 0.203 e. The minimum atomic E-state index is -5.41. The fourth-order valence-corrected chi connectivity index (χ4v) is 4.95. The number of fused-ring (bicyclic) bond motifs is 2. The molecule has 2 heterocycles. The van der Waals surface area contributed by atoms with E-state index < -0.39 is 74.5 Å². The Kier molecular flexibility index (Phi) is 5.66. The summed E-state index contributed by atoms with van der Waals surface area (Å²) < 4.78 is 140. The van der Waals surface area contributed by atoms with Crippen molar-refractivity contribution in [3.8, 4) is 21.8 Å². The van der Waals surface area contributed by atoms with Crippen LogP contribution < -0.4 is 0 Å². The fourth-order valence-electron chi connectivity index (χ4n) is 3.90. The van der Waals surface area contributed by atoms with Crippen molar-refractivity contribution in [3.05, 3.63) is 82.9 Å². The number of benzene rings is 3. The van der Waals surface area contributed by atoms with Crippen molar-refractivity contribution in [3.63, 3.8) is 0 Å². The average Bonchev–Trinajstić information content (AvgIpc) is 3.28. The van der Waals surface area contributed by atoms with Crippen LogP contribution in [0.2, 0.25) is 0 Å². The van der Waals surface area contributed by atoms with Gasteiger partial charge in [-0.15, -0.1) is 21.5 Å². The normalized spacial score (nSPS) is 12.6. The molecule has 0 radical (unpaired) electrons. The van der Waals surface area contributed by atoms with E-state index in [1.54, 1.807) is 24.3 Å². The average molecular weight is 546 g/mol. The Bertz CT molecular complexity index is 1670. The molecule has 0 atom stereocenters. The summed E-state index contributed by atoms with van der Waals surface area (Å²) in [7, 11) is 0. The molecule has 5 aromatic rings. The molecule has 0 spiro atoms. The van der Waals surface area contributed by atoms with Gasteiger partial charge in [-0.25, -0.2) is 17.6 Å². The minimum absolute atomic E-state index is 0.109. The molecule has 0 bridgehead atoms. The Morgan fingerprint density at radius 3 is 1.81 bits per heavy atom. The first-order chi connectivity index (χ1) is 17.3. The second kappa shape index (κ2) is 8.40. The fraction of sp³-hybridized carbons (Fsp3) is 0.0833. The molecule has 0 fully saturated rings. The van der Waals surface area contributed by atoms with Crippen molar-refractivity contribution < 1.29 is 43.9 Å². The zero-order valence-electron chi connectivity index (χ0n) is 17.7. The van der Waals surface area contributed by atoms with Crippen molar-refractivity contribution in [1.82, 2.24) is 10.2 Å². The highest BCUT2D eigenvalue weighted by Crippen LogP contribution is 2.45. The summed E-state index contributed by atoms with van der Waals surface area (Å²) in [6.45, 7) is 0. The molecule has 3 aromatic carbocycles. The third kappa shape index (κ3) is 4.06. The summed E-state index contributed by atoms with van der Waals surface area (Å²) >= 11 is 0.991. The molecule has 0 aliphatic rings. The van der Waals surface area contributed by atoms with Crippen molar-refractivity contribution in [2.24, 2.45) is 0 Å². The van der Waals surface area contributed by atoms with Gasteiger partial charge in [0.25, 0.3) is 0 Å². The van der Waals surface area contributed by atoms with Crippen LogP contribution >= 0.6 is 11.3 Å². The van der Waals surface area contributed by atoms with Gasteiger partial charge in [-0.2, -0.15) is 26.3 Å². The molecule has 190 valence electrons. The third-order valence-electron chi connectivity index (χ3n) is 5.56. The number of hydrogen-bond acceptors (Lipinski definition) is 3. The van der Waals surface area contributed by atoms with Crippen LogP contribution in [0.15, 0.2) is 48.5 Å². The second-order valence-corrected chi connectivity index (χ2v) is 8.89. The lowest BCUT2D eigenvalue weighted by Gasteiger charge is -2.17. The van der Waals surface area contributed by atoms with Gasteiger partial charge in [0.2, 0.25) is 0 Å². The van der Waals surface area contributed by atoms with Gasteiger partial charge in [0.15, 0.2) is 23.3 Å². The number of hydrogen-bond donors (Lipinski definition) is 0. The maximum absolute atomic E-state index is 15.1. The summed E-state index contributed by atoms with van der Waals surface area (Å²) in [5.74, 6) is -8.59. The second-order valence-electron chi connectivity index (χ2n) is 7.81. The summed E-state index contributed by atoms with van der Waals surface area (Å²) in [4.78, 5) is 0.109. The van der Waals surface area contributed by atoms with Gasteiger partial charge in [0.1, 0.15) is 11.4 Å². The third-order valence-corrected chi connectivity index (χ3v) is 6.68. The molecule has 13 heteroatoms. The van der Waals surface area contributed by atoms with E-state index in [1.807, 2.05) is 0 Å². The number of rotatable bonds is 2. The van der Waals surface area contributed by atoms with Crippen LogP contribution in [0.5, 0.6) is 0 Å². The molecular formula is C24H8F10N2S. The Morgan fingerprint density at radius 2 is 1.22 bits per heavy atom. The highest BCUT2D eigenvalue weighted by molar-refractivity contribution is 7.22. The Balaban J connectivity index is 1.89. The van der Waals surface area contributed by atoms with E-state index in [4.69, 9.17) is 0 Å². The van der Waals surface area contributed by atoms with Crippen LogP contribution in [0, 0.1) is 23.3 Å². The molecule has 2 aromatic heterocycles. The van der Waals surface area contributed by atoms with Gasteiger partial charge >= 0.3 is 12.4 Å². The number of halogens is 10. The van der Waals surface area contributed by atoms with Gasteiger partial charge in [0.05, 0.1) is 26.8 Å². The molecule has 37 heavy (non-hydrogen) atoms. The monoisotopic (exact) mass is 546 g/mol. The minimum Gasteiger partial charge on any atom is -0.203 e. The van der Waals surface area contributed by atoms with Crippen LogP contribution in [0.25, 0.3) is 42.7 Å². The summed E-state index contributed by atoms with van der Waals surface area (Å²) in [5, 5.41) is 5.63. The van der Waals surface area contributed by atoms with Gasteiger partial charge < -0.3 is 0 Å². The highest BCUT2D eigenvalue weighted by Gasteiger charge is 2.40. The van der Waals surface area contributed by atoms with E-state index in [2.05, 4.69) is 10.2 Å². The Hall–Kier alpha value is -3.74. The molecular weight excluding hydrogens is 538 g/mol. The van der Waals surface area contributed by atoms with E-state index in [1.165, 1.54) is 6.07 Å². The predicted octanol–water partition coefficient (Wildman–Crippen LogP) is 8.77. The van der Waals surface area contributed by atoms with E-state index in [9.17, 15) is 35.1 Å². The standard InChI is InChI=1S/C24H8F10N2S/c25-17-15-16(18(26)20(28)19(17)27)22(14-7-9-3-1-2-4-13(9)37-14)36-35-21(15)11-6-5-10(23(29,30)31)8-12(11)24(32,33)34/h1-8H. The molecule has 0 saturated heterocycles. The molecule has 2 nitrogen and oxygen atoms in total. The quantitative estimate of drug-likeness (QED) is 0.126. The van der Waals surface area contributed by atoms with Crippen molar-refractivity contribution in [2.45, 2.75) is 12.4 Å². The summed E-state index contributed by atoms with van der Waals surface area (Å²) in [6, 6.07) is 8.51. The topological polar surface area (TPSA) is 25.8 Å². The van der Waals surface area contributed by atoms with Gasteiger partial charge in [-0.05, 0) is 29.7 Å². The first-order valence-corrected chi connectivity index (χ1v) is 10.9. The number of alkyl halides is 6. The molecule has 0 aliphatic carbocycles. The number of nitrogens with zero attached hydrogens (tertiary/aromatic N) is 2. The molecule has 0 amide bonds. The van der Waals surface area contributed by atoms with Crippen molar-refractivity contribution in [2.75, 3.05) is 0 Å². The lowest BCUT2D eigenvalue weighted by atomic mass is 9.95. The Labute approximate surface area is 203 Å². The first-order valence-electron chi connectivity index (χ1n) is 10.1. The van der Waals surface area contributed by atoms with Crippen LogP contribution in [0.1, 0.15) is 11.1 Å². The van der Waals surface area contributed by atoms with E-state index in [-0.39, 0.29) is 17.0 Å². The SMILES string of the molecule is Fc1c(F)c(F)c2c(-c3ccc(C(F)(F)F)cc3C(F)(F)F)nnc(-c3cc4ccccc4s3)c2c1F. The van der Waals surface area contributed by atoms with Crippen LogP contribution in [-0.4, -0.2) is 10.2 Å².